The predicted octanol–water partition coefficient (Wildman–Crippen LogP) is 4.57. The molecule has 1 atom stereocenters. The fraction of sp³-hybridized carbons (Fsp3) is 0.130. The summed E-state index contributed by atoms with van der Waals surface area (Å²) in [5.41, 5.74) is 0.840. The molecule has 1 amide bonds. The lowest BCUT2D eigenvalue weighted by molar-refractivity contribution is -0.148. The average Bonchev–Trinajstić information content (AvgIpc) is 2.73. The Labute approximate surface area is 167 Å². The predicted molar refractivity (Wildman–Crippen MR) is 110 cm³/mol. The van der Waals surface area contributed by atoms with E-state index in [4.69, 9.17) is 9.47 Å². The fourth-order valence-corrected chi connectivity index (χ4v) is 2.70. The molecule has 0 fully saturated rings. The highest BCUT2D eigenvalue weighted by atomic mass is 19.1. The van der Waals surface area contributed by atoms with E-state index < -0.39 is 23.8 Å². The average molecular weight is 393 g/mol. The summed E-state index contributed by atoms with van der Waals surface area (Å²) in [5.74, 6) is -1.08. The van der Waals surface area contributed by atoms with Crippen LogP contribution in [0, 0.1) is 5.82 Å². The molecule has 6 heteroatoms. The Morgan fingerprint density at radius 3 is 2.52 bits per heavy atom. The maximum absolute atomic E-state index is 13.6. The number of ether oxygens (including phenoxy) is 2. The zero-order valence-corrected chi connectivity index (χ0v) is 16.0. The van der Waals surface area contributed by atoms with Gasteiger partial charge >= 0.3 is 5.97 Å². The summed E-state index contributed by atoms with van der Waals surface area (Å²) in [7, 11) is 1.61. The highest BCUT2D eigenvalue weighted by Gasteiger charge is 2.17. The molecule has 1 N–H and O–H groups in total. The third kappa shape index (κ3) is 5.19. The molecule has 0 aliphatic carbocycles. The largest absolute Gasteiger partial charge is 0.497 e. The summed E-state index contributed by atoms with van der Waals surface area (Å²) in [4.78, 5) is 24.1. The molecule has 0 aliphatic heterocycles. The monoisotopic (exact) mass is 393 g/mol. The molecule has 0 radical (unpaired) electrons. The number of benzene rings is 3. The minimum Gasteiger partial charge on any atom is -0.497 e. The van der Waals surface area contributed by atoms with Gasteiger partial charge in [-0.25, -0.2) is 9.18 Å². The van der Waals surface area contributed by atoms with Crippen LogP contribution in [0.4, 0.5) is 10.1 Å². The second-order valence-corrected chi connectivity index (χ2v) is 6.35. The van der Waals surface area contributed by atoms with Crippen molar-refractivity contribution in [3.63, 3.8) is 0 Å². The molecule has 148 valence electrons. The van der Waals surface area contributed by atoms with Gasteiger partial charge in [-0.3, -0.25) is 4.79 Å². The van der Waals surface area contributed by atoms with Crippen molar-refractivity contribution in [3.8, 4) is 5.75 Å². The number of rotatable bonds is 6. The summed E-state index contributed by atoms with van der Waals surface area (Å²) < 4.78 is 23.9. The van der Waals surface area contributed by atoms with Crippen LogP contribution >= 0.6 is 0 Å². The van der Waals surface area contributed by atoms with E-state index in [-0.39, 0.29) is 5.69 Å². The number of hydrogen-bond donors (Lipinski definition) is 1. The van der Waals surface area contributed by atoms with Gasteiger partial charge in [0.15, 0.2) is 6.10 Å². The molecular formula is C23H20FNO4. The summed E-state index contributed by atoms with van der Waals surface area (Å²) in [6, 6.07) is 17.2. The number of esters is 1. The number of halogens is 1. The van der Waals surface area contributed by atoms with Gasteiger partial charge in [0.25, 0.3) is 5.91 Å². The van der Waals surface area contributed by atoms with Gasteiger partial charge in [0.05, 0.1) is 12.8 Å². The molecule has 3 rings (SSSR count). The van der Waals surface area contributed by atoms with Crippen molar-refractivity contribution in [2.24, 2.45) is 0 Å². The summed E-state index contributed by atoms with van der Waals surface area (Å²) in [5, 5.41) is 4.41. The minimum atomic E-state index is -1.07. The highest BCUT2D eigenvalue weighted by Crippen LogP contribution is 2.22. The topological polar surface area (TPSA) is 64.6 Å². The normalized spacial score (nSPS) is 12.0. The molecular weight excluding hydrogens is 373 g/mol. The Hall–Kier alpha value is -3.67. The van der Waals surface area contributed by atoms with E-state index in [1.54, 1.807) is 19.3 Å². The first-order valence-electron chi connectivity index (χ1n) is 8.98. The van der Waals surface area contributed by atoms with Crippen LogP contribution in [0.2, 0.25) is 0 Å². The van der Waals surface area contributed by atoms with Crippen molar-refractivity contribution in [2.75, 3.05) is 12.4 Å². The van der Waals surface area contributed by atoms with E-state index in [9.17, 15) is 14.0 Å². The molecule has 0 spiro atoms. The van der Waals surface area contributed by atoms with Crippen molar-refractivity contribution < 1.29 is 23.5 Å². The number of carbonyl (C=O) groups is 2. The molecule has 3 aromatic rings. The van der Waals surface area contributed by atoms with E-state index in [1.807, 2.05) is 36.4 Å². The van der Waals surface area contributed by atoms with E-state index >= 15 is 0 Å². The first-order valence-corrected chi connectivity index (χ1v) is 8.98. The zero-order chi connectivity index (χ0) is 20.8. The van der Waals surface area contributed by atoms with Crippen molar-refractivity contribution in [2.45, 2.75) is 13.0 Å². The van der Waals surface area contributed by atoms with Gasteiger partial charge in [-0.1, -0.05) is 30.3 Å². The fourth-order valence-electron chi connectivity index (χ4n) is 2.70. The van der Waals surface area contributed by atoms with Gasteiger partial charge in [-0.05, 0) is 59.7 Å². The van der Waals surface area contributed by atoms with Crippen LogP contribution in [0.1, 0.15) is 12.5 Å². The Balaban J connectivity index is 1.60. The van der Waals surface area contributed by atoms with Gasteiger partial charge in [0, 0.05) is 6.08 Å². The lowest BCUT2D eigenvalue weighted by atomic mass is 10.1. The number of hydrogen-bond acceptors (Lipinski definition) is 4. The number of fused-ring (bicyclic) bond motifs is 1. The molecule has 0 aromatic heterocycles. The Bertz CT molecular complexity index is 1080. The van der Waals surface area contributed by atoms with Crippen LogP contribution in [0.15, 0.2) is 66.7 Å². The van der Waals surface area contributed by atoms with Crippen molar-refractivity contribution >= 4 is 34.4 Å². The van der Waals surface area contributed by atoms with Crippen LogP contribution in [0.3, 0.4) is 0 Å². The van der Waals surface area contributed by atoms with Gasteiger partial charge in [-0.2, -0.15) is 0 Å². The van der Waals surface area contributed by atoms with Crippen molar-refractivity contribution in [1.29, 1.82) is 0 Å². The number of methoxy groups -OCH3 is 1. The number of nitrogens with one attached hydrogen (secondary N) is 1. The molecule has 3 aromatic carbocycles. The Kier molecular flexibility index (Phi) is 6.24. The number of carbonyl (C=O) groups excluding carboxylic acids is 2. The van der Waals surface area contributed by atoms with Gasteiger partial charge in [0.1, 0.15) is 11.6 Å². The van der Waals surface area contributed by atoms with Crippen LogP contribution in [0.25, 0.3) is 16.8 Å². The number of anilines is 1. The molecule has 0 saturated carbocycles. The van der Waals surface area contributed by atoms with Gasteiger partial charge in [-0.15, -0.1) is 0 Å². The molecule has 0 unspecified atom stereocenters. The van der Waals surface area contributed by atoms with Gasteiger partial charge < -0.3 is 14.8 Å². The van der Waals surface area contributed by atoms with Crippen LogP contribution in [-0.2, 0) is 14.3 Å². The van der Waals surface area contributed by atoms with Crippen LogP contribution in [-0.4, -0.2) is 25.1 Å². The SMILES string of the molecule is COc1ccc2cc(/C=C/C(=O)O[C@H](C)C(=O)Nc3ccccc3F)ccc2c1. The van der Waals surface area contributed by atoms with Gasteiger partial charge in [0.2, 0.25) is 0 Å². The van der Waals surface area contributed by atoms with Crippen molar-refractivity contribution in [3.05, 3.63) is 78.1 Å². The number of amides is 1. The molecule has 0 saturated heterocycles. The van der Waals surface area contributed by atoms with Crippen molar-refractivity contribution in [1.82, 2.24) is 0 Å². The maximum Gasteiger partial charge on any atom is 0.331 e. The lowest BCUT2D eigenvalue weighted by Gasteiger charge is -2.12. The van der Waals surface area contributed by atoms with Crippen LogP contribution < -0.4 is 10.1 Å². The molecule has 0 heterocycles. The highest BCUT2D eigenvalue weighted by molar-refractivity contribution is 5.97. The standard InChI is InChI=1S/C23H20FNO4/c1-15(23(27)25-21-6-4-3-5-20(21)24)29-22(26)12-8-16-7-9-18-14-19(28-2)11-10-17(18)13-16/h3-15H,1-2H3,(H,25,27)/b12-8+/t15-/m1/s1. The van der Waals surface area contributed by atoms with E-state index in [2.05, 4.69) is 5.32 Å². The minimum absolute atomic E-state index is 0.0312. The zero-order valence-electron chi connectivity index (χ0n) is 16.0. The summed E-state index contributed by atoms with van der Waals surface area (Å²) in [6.07, 6.45) is 1.78. The summed E-state index contributed by atoms with van der Waals surface area (Å²) >= 11 is 0. The van der Waals surface area contributed by atoms with E-state index in [0.29, 0.717) is 0 Å². The Morgan fingerprint density at radius 2 is 1.76 bits per heavy atom. The maximum atomic E-state index is 13.6. The molecule has 5 nitrogen and oxygen atoms in total. The second-order valence-electron chi connectivity index (χ2n) is 6.35. The molecule has 29 heavy (non-hydrogen) atoms. The number of para-hydroxylation sites is 1. The quantitative estimate of drug-likeness (QED) is 0.492. The lowest BCUT2D eigenvalue weighted by Crippen LogP contribution is -2.29. The third-order valence-corrected chi connectivity index (χ3v) is 4.28. The molecule has 0 bridgehead atoms. The van der Waals surface area contributed by atoms with E-state index in [1.165, 1.54) is 31.2 Å². The second kappa shape index (κ2) is 9.01. The molecule has 0 aliphatic rings. The Morgan fingerprint density at radius 1 is 1.03 bits per heavy atom. The summed E-state index contributed by atoms with van der Waals surface area (Å²) in [6.45, 7) is 1.42. The third-order valence-electron chi connectivity index (χ3n) is 4.28. The first-order chi connectivity index (χ1) is 14.0. The van der Waals surface area contributed by atoms with Crippen LogP contribution in [0.5, 0.6) is 5.75 Å². The van der Waals surface area contributed by atoms with E-state index in [0.717, 1.165) is 22.1 Å². The smallest absolute Gasteiger partial charge is 0.331 e. The first kappa shape index (κ1) is 20.1.